The summed E-state index contributed by atoms with van der Waals surface area (Å²) in [5.74, 6) is -0.801. The first-order valence-corrected chi connectivity index (χ1v) is 11.8. The SMILES string of the molecule is Cc1csc([C@@H](C)N(C)C(=O)C[C@]2(c3ccc(-c4ccccc4)cc3)CC(=O)N(C)C2=O)n1. The predicted molar refractivity (Wildman–Crippen MR) is 129 cm³/mol. The van der Waals surface area contributed by atoms with Crippen molar-refractivity contribution in [1.29, 1.82) is 0 Å². The van der Waals surface area contributed by atoms with E-state index in [-0.39, 0.29) is 36.6 Å². The molecule has 1 saturated heterocycles. The van der Waals surface area contributed by atoms with Gasteiger partial charge in [0.2, 0.25) is 17.7 Å². The number of carbonyl (C=O) groups is 3. The Hall–Kier alpha value is -3.32. The minimum Gasteiger partial charge on any atom is -0.337 e. The molecule has 1 aromatic heterocycles. The molecular formula is C26H27N3O3S. The van der Waals surface area contributed by atoms with Gasteiger partial charge < -0.3 is 4.90 Å². The summed E-state index contributed by atoms with van der Waals surface area (Å²) in [6.45, 7) is 3.84. The van der Waals surface area contributed by atoms with E-state index in [0.717, 1.165) is 26.7 Å². The highest BCUT2D eigenvalue weighted by atomic mass is 32.1. The Morgan fingerprint density at radius 3 is 2.30 bits per heavy atom. The third-order valence-corrected chi connectivity index (χ3v) is 7.64. The van der Waals surface area contributed by atoms with Gasteiger partial charge >= 0.3 is 0 Å². The van der Waals surface area contributed by atoms with Crippen molar-refractivity contribution in [2.24, 2.45) is 0 Å². The number of carbonyl (C=O) groups excluding carboxylic acids is 3. The third-order valence-electron chi connectivity index (χ3n) is 6.51. The van der Waals surface area contributed by atoms with Crippen LogP contribution in [0.1, 0.15) is 42.1 Å². The fourth-order valence-corrected chi connectivity index (χ4v) is 5.19. The highest BCUT2D eigenvalue weighted by Crippen LogP contribution is 2.41. The molecule has 2 atom stereocenters. The van der Waals surface area contributed by atoms with Crippen molar-refractivity contribution in [2.45, 2.75) is 38.1 Å². The Kier molecular flexibility index (Phi) is 6.17. The fourth-order valence-electron chi connectivity index (χ4n) is 4.29. The number of aryl methyl sites for hydroxylation is 1. The van der Waals surface area contributed by atoms with E-state index in [0.29, 0.717) is 5.56 Å². The Morgan fingerprint density at radius 2 is 1.76 bits per heavy atom. The second-order valence-electron chi connectivity index (χ2n) is 8.64. The molecule has 6 nitrogen and oxygen atoms in total. The molecule has 0 N–H and O–H groups in total. The first-order valence-electron chi connectivity index (χ1n) is 10.9. The van der Waals surface area contributed by atoms with E-state index in [9.17, 15) is 14.4 Å². The van der Waals surface area contributed by atoms with Crippen LogP contribution in [0.25, 0.3) is 11.1 Å². The van der Waals surface area contributed by atoms with Gasteiger partial charge in [-0.15, -0.1) is 11.3 Å². The molecule has 0 radical (unpaired) electrons. The van der Waals surface area contributed by atoms with Gasteiger partial charge in [-0.1, -0.05) is 54.6 Å². The van der Waals surface area contributed by atoms with Crippen molar-refractivity contribution in [3.05, 3.63) is 76.2 Å². The average molecular weight is 462 g/mol. The second kappa shape index (κ2) is 8.90. The van der Waals surface area contributed by atoms with E-state index in [1.54, 1.807) is 11.9 Å². The molecule has 4 rings (SSSR count). The number of likely N-dealkylation sites (N-methyl/N-ethyl adjacent to an activating group) is 1. The summed E-state index contributed by atoms with van der Waals surface area (Å²) in [5.41, 5.74) is 2.47. The average Bonchev–Trinajstić information content (AvgIpc) is 3.36. The van der Waals surface area contributed by atoms with Crippen LogP contribution in [0.5, 0.6) is 0 Å². The van der Waals surface area contributed by atoms with Gasteiger partial charge in [-0.2, -0.15) is 0 Å². The Morgan fingerprint density at radius 1 is 1.12 bits per heavy atom. The highest BCUT2D eigenvalue weighted by molar-refractivity contribution is 7.09. The van der Waals surface area contributed by atoms with E-state index < -0.39 is 5.41 Å². The summed E-state index contributed by atoms with van der Waals surface area (Å²) in [7, 11) is 3.21. The van der Waals surface area contributed by atoms with Crippen LogP contribution in [0.2, 0.25) is 0 Å². The summed E-state index contributed by atoms with van der Waals surface area (Å²) in [4.78, 5) is 46.5. The maximum atomic E-state index is 13.4. The molecule has 33 heavy (non-hydrogen) atoms. The van der Waals surface area contributed by atoms with Crippen molar-refractivity contribution < 1.29 is 14.4 Å². The van der Waals surface area contributed by atoms with Gasteiger partial charge in [0, 0.05) is 38.0 Å². The summed E-state index contributed by atoms with van der Waals surface area (Å²) in [5, 5.41) is 2.80. The Balaban J connectivity index is 1.65. The van der Waals surface area contributed by atoms with Crippen molar-refractivity contribution in [2.75, 3.05) is 14.1 Å². The van der Waals surface area contributed by atoms with Crippen molar-refractivity contribution >= 4 is 29.1 Å². The number of hydrogen-bond donors (Lipinski definition) is 0. The maximum absolute atomic E-state index is 13.4. The van der Waals surface area contributed by atoms with Crippen LogP contribution in [0, 0.1) is 6.92 Å². The van der Waals surface area contributed by atoms with Gasteiger partial charge in [0.25, 0.3) is 0 Å². The fraction of sp³-hybridized carbons (Fsp3) is 0.308. The summed E-state index contributed by atoms with van der Waals surface area (Å²) in [6.07, 6.45) is -0.0882. The summed E-state index contributed by atoms with van der Waals surface area (Å²) in [6, 6.07) is 17.3. The predicted octanol–water partition coefficient (Wildman–Crippen LogP) is 4.35. The van der Waals surface area contributed by atoms with Crippen LogP contribution in [-0.4, -0.2) is 46.6 Å². The van der Waals surface area contributed by atoms with Crippen molar-refractivity contribution in [3.8, 4) is 11.1 Å². The number of amides is 3. The van der Waals surface area contributed by atoms with E-state index >= 15 is 0 Å². The van der Waals surface area contributed by atoms with Gasteiger partial charge in [0.05, 0.1) is 11.5 Å². The first-order chi connectivity index (χ1) is 15.7. The van der Waals surface area contributed by atoms with Gasteiger partial charge in [0.1, 0.15) is 5.01 Å². The van der Waals surface area contributed by atoms with Gasteiger partial charge in [-0.05, 0) is 30.5 Å². The van der Waals surface area contributed by atoms with Crippen molar-refractivity contribution in [1.82, 2.24) is 14.8 Å². The summed E-state index contributed by atoms with van der Waals surface area (Å²) >= 11 is 1.51. The molecule has 0 spiro atoms. The lowest BCUT2D eigenvalue weighted by molar-refractivity contribution is -0.141. The monoisotopic (exact) mass is 461 g/mol. The molecule has 0 saturated carbocycles. The summed E-state index contributed by atoms with van der Waals surface area (Å²) < 4.78 is 0. The van der Waals surface area contributed by atoms with Crippen LogP contribution in [-0.2, 0) is 19.8 Å². The zero-order chi connectivity index (χ0) is 23.8. The van der Waals surface area contributed by atoms with Gasteiger partial charge in [0.15, 0.2) is 0 Å². The number of thiazole rings is 1. The molecule has 1 aliphatic rings. The van der Waals surface area contributed by atoms with Gasteiger partial charge in [-0.3, -0.25) is 19.3 Å². The first kappa shape index (κ1) is 22.9. The van der Waals surface area contributed by atoms with E-state index in [1.165, 1.54) is 18.4 Å². The molecule has 7 heteroatoms. The lowest BCUT2D eigenvalue weighted by Gasteiger charge is -2.30. The zero-order valence-corrected chi connectivity index (χ0v) is 20.1. The number of likely N-dealkylation sites (tertiary alicyclic amines) is 1. The second-order valence-corrected chi connectivity index (χ2v) is 9.53. The standard InChI is InChI=1S/C26H27N3O3S/c1-17-16-33-24(27-17)18(2)28(3)22(30)14-26(15-23(31)29(4)25(26)32)21-12-10-20(11-13-21)19-8-6-5-7-9-19/h5-13,16,18H,14-15H2,1-4H3/t18-,26-/m1/s1. The molecule has 3 aromatic rings. The van der Waals surface area contributed by atoms with Crippen LogP contribution >= 0.6 is 11.3 Å². The minimum absolute atomic E-state index is 0.0165. The number of nitrogens with zero attached hydrogens (tertiary/aromatic N) is 3. The normalized spacial score (nSPS) is 19.1. The highest BCUT2D eigenvalue weighted by Gasteiger charge is 2.53. The van der Waals surface area contributed by atoms with E-state index in [4.69, 9.17) is 0 Å². The number of imide groups is 1. The number of rotatable bonds is 6. The number of hydrogen-bond acceptors (Lipinski definition) is 5. The van der Waals surface area contributed by atoms with Crippen LogP contribution in [0.3, 0.4) is 0 Å². The molecule has 0 bridgehead atoms. The molecule has 0 unspecified atom stereocenters. The largest absolute Gasteiger partial charge is 0.337 e. The molecule has 170 valence electrons. The Labute approximate surface area is 197 Å². The molecule has 3 amide bonds. The minimum atomic E-state index is -1.20. The molecule has 1 aliphatic heterocycles. The third kappa shape index (κ3) is 4.20. The van der Waals surface area contributed by atoms with Crippen LogP contribution in [0.4, 0.5) is 0 Å². The quantitative estimate of drug-likeness (QED) is 0.512. The molecular weight excluding hydrogens is 434 g/mol. The lowest BCUT2D eigenvalue weighted by atomic mass is 9.75. The van der Waals surface area contributed by atoms with Crippen LogP contribution in [0.15, 0.2) is 60.0 Å². The molecule has 0 aliphatic carbocycles. The maximum Gasteiger partial charge on any atom is 0.240 e. The van der Waals surface area contributed by atoms with E-state index in [2.05, 4.69) is 4.98 Å². The topological polar surface area (TPSA) is 70.6 Å². The molecule has 2 heterocycles. The van der Waals surface area contributed by atoms with Gasteiger partial charge in [-0.25, -0.2) is 4.98 Å². The Bertz CT molecular complexity index is 1190. The lowest BCUT2D eigenvalue weighted by Crippen LogP contribution is -2.42. The van der Waals surface area contributed by atoms with Crippen LogP contribution < -0.4 is 0 Å². The number of benzene rings is 2. The zero-order valence-electron chi connectivity index (χ0n) is 19.2. The smallest absolute Gasteiger partial charge is 0.240 e. The number of aromatic nitrogens is 1. The van der Waals surface area contributed by atoms with E-state index in [1.807, 2.05) is 73.8 Å². The van der Waals surface area contributed by atoms with Crippen molar-refractivity contribution in [3.63, 3.8) is 0 Å². The molecule has 2 aromatic carbocycles. The molecule has 1 fully saturated rings.